The van der Waals surface area contributed by atoms with Gasteiger partial charge in [-0.15, -0.1) is 0 Å². The van der Waals surface area contributed by atoms with Crippen molar-refractivity contribution in [2.45, 2.75) is 6.04 Å². The van der Waals surface area contributed by atoms with Crippen LogP contribution in [-0.4, -0.2) is 24.1 Å². The number of para-hydroxylation sites is 1. The van der Waals surface area contributed by atoms with Gasteiger partial charge in [0.15, 0.2) is 0 Å². The Morgan fingerprint density at radius 1 is 1.35 bits per heavy atom. The van der Waals surface area contributed by atoms with Crippen LogP contribution in [0.2, 0.25) is 0 Å². The van der Waals surface area contributed by atoms with Crippen LogP contribution in [0.4, 0.5) is 5.69 Å². The summed E-state index contributed by atoms with van der Waals surface area (Å²) in [4.78, 5) is 6.44. The van der Waals surface area contributed by atoms with Crippen molar-refractivity contribution in [2.75, 3.05) is 18.0 Å². The van der Waals surface area contributed by atoms with E-state index in [2.05, 4.69) is 16.0 Å². The maximum atomic E-state index is 9.16. The molecule has 1 saturated heterocycles. The Labute approximate surface area is 99.3 Å². The molecule has 2 heterocycles. The van der Waals surface area contributed by atoms with Gasteiger partial charge in [-0.25, -0.2) is 0 Å². The van der Waals surface area contributed by atoms with E-state index in [1.54, 1.807) is 6.20 Å². The summed E-state index contributed by atoms with van der Waals surface area (Å²) in [6, 6.07) is 10.3. The van der Waals surface area contributed by atoms with Gasteiger partial charge in [0.05, 0.1) is 16.8 Å². The second kappa shape index (κ2) is 3.72. The Bertz CT molecular complexity index is 608. The first-order chi connectivity index (χ1) is 8.29. The molecule has 0 amide bonds. The van der Waals surface area contributed by atoms with E-state index in [4.69, 9.17) is 11.0 Å². The molecule has 2 N–H and O–H groups in total. The third-order valence-corrected chi connectivity index (χ3v) is 3.09. The molecule has 0 radical (unpaired) electrons. The number of nitriles is 1. The normalized spacial score (nSPS) is 15.6. The highest BCUT2D eigenvalue weighted by molar-refractivity contribution is 5.94. The van der Waals surface area contributed by atoms with Gasteiger partial charge in [-0.05, 0) is 6.07 Å². The van der Waals surface area contributed by atoms with E-state index < -0.39 is 0 Å². The lowest BCUT2D eigenvalue weighted by Gasteiger charge is -2.39. The van der Waals surface area contributed by atoms with E-state index in [1.807, 2.05) is 24.3 Å². The molecule has 84 valence electrons. The number of hydrogen-bond donors (Lipinski definition) is 1. The number of aromatic nitrogens is 1. The lowest BCUT2D eigenvalue weighted by molar-refractivity contribution is 0.520. The molecule has 4 heteroatoms. The van der Waals surface area contributed by atoms with Gasteiger partial charge < -0.3 is 10.6 Å². The largest absolute Gasteiger partial charge is 0.367 e. The average molecular weight is 224 g/mol. The molecule has 3 rings (SSSR count). The molecule has 0 atom stereocenters. The summed E-state index contributed by atoms with van der Waals surface area (Å²) < 4.78 is 0. The van der Waals surface area contributed by atoms with Gasteiger partial charge in [0, 0.05) is 30.7 Å². The van der Waals surface area contributed by atoms with Gasteiger partial charge in [0.25, 0.3) is 0 Å². The standard InChI is InChI=1S/C13H12N4/c14-5-9-6-16-12-4-2-1-3-11(12)13(9)17-7-10(15)8-17/h1-4,6,10H,7-8,15H2. The molecule has 17 heavy (non-hydrogen) atoms. The fraction of sp³-hybridized carbons (Fsp3) is 0.231. The highest BCUT2D eigenvalue weighted by Gasteiger charge is 2.26. The Morgan fingerprint density at radius 3 is 2.82 bits per heavy atom. The number of nitrogens with zero attached hydrogens (tertiary/aromatic N) is 3. The summed E-state index contributed by atoms with van der Waals surface area (Å²) >= 11 is 0. The fourth-order valence-electron chi connectivity index (χ4n) is 2.24. The topological polar surface area (TPSA) is 65.9 Å². The molecule has 2 aromatic rings. The number of fused-ring (bicyclic) bond motifs is 1. The monoisotopic (exact) mass is 224 g/mol. The van der Waals surface area contributed by atoms with Crippen molar-refractivity contribution in [3.63, 3.8) is 0 Å². The molecule has 0 bridgehead atoms. The Hall–Kier alpha value is -2.12. The summed E-state index contributed by atoms with van der Waals surface area (Å²) in [5.41, 5.74) is 8.31. The van der Waals surface area contributed by atoms with Gasteiger partial charge in [-0.1, -0.05) is 18.2 Å². The Morgan fingerprint density at radius 2 is 2.12 bits per heavy atom. The second-order valence-electron chi connectivity index (χ2n) is 4.31. The van der Waals surface area contributed by atoms with Crippen molar-refractivity contribution in [1.82, 2.24) is 4.98 Å². The zero-order chi connectivity index (χ0) is 11.8. The van der Waals surface area contributed by atoms with Crippen molar-refractivity contribution in [3.8, 4) is 6.07 Å². The summed E-state index contributed by atoms with van der Waals surface area (Å²) in [7, 11) is 0. The molecule has 0 aliphatic carbocycles. The highest BCUT2D eigenvalue weighted by atomic mass is 15.2. The summed E-state index contributed by atoms with van der Waals surface area (Å²) in [6.07, 6.45) is 1.64. The van der Waals surface area contributed by atoms with Crippen LogP contribution in [0.5, 0.6) is 0 Å². The zero-order valence-corrected chi connectivity index (χ0v) is 9.30. The van der Waals surface area contributed by atoms with Crippen molar-refractivity contribution in [3.05, 3.63) is 36.0 Å². The number of benzene rings is 1. The molecule has 1 aliphatic rings. The van der Waals surface area contributed by atoms with E-state index in [0.717, 1.165) is 29.7 Å². The van der Waals surface area contributed by atoms with Crippen LogP contribution >= 0.6 is 0 Å². The van der Waals surface area contributed by atoms with E-state index in [1.165, 1.54) is 0 Å². The van der Waals surface area contributed by atoms with E-state index in [-0.39, 0.29) is 6.04 Å². The van der Waals surface area contributed by atoms with E-state index in [9.17, 15) is 0 Å². The van der Waals surface area contributed by atoms with Crippen LogP contribution in [0.15, 0.2) is 30.5 Å². The predicted molar refractivity (Wildman–Crippen MR) is 66.6 cm³/mol. The van der Waals surface area contributed by atoms with E-state index in [0.29, 0.717) is 5.56 Å². The molecule has 1 fully saturated rings. The zero-order valence-electron chi connectivity index (χ0n) is 9.30. The van der Waals surface area contributed by atoms with Crippen molar-refractivity contribution in [1.29, 1.82) is 5.26 Å². The van der Waals surface area contributed by atoms with Crippen LogP contribution in [0.3, 0.4) is 0 Å². The van der Waals surface area contributed by atoms with Gasteiger partial charge in [0.1, 0.15) is 6.07 Å². The minimum atomic E-state index is 0.216. The molecule has 0 saturated carbocycles. The van der Waals surface area contributed by atoms with Crippen LogP contribution < -0.4 is 10.6 Å². The first kappa shape index (κ1) is 10.1. The van der Waals surface area contributed by atoms with Crippen LogP contribution in [-0.2, 0) is 0 Å². The fourth-order valence-corrected chi connectivity index (χ4v) is 2.24. The SMILES string of the molecule is N#Cc1cnc2ccccc2c1N1CC(N)C1. The third kappa shape index (κ3) is 1.52. The van der Waals surface area contributed by atoms with Crippen LogP contribution in [0.1, 0.15) is 5.56 Å². The molecule has 4 nitrogen and oxygen atoms in total. The molecule has 0 spiro atoms. The first-order valence-corrected chi connectivity index (χ1v) is 5.58. The second-order valence-corrected chi connectivity index (χ2v) is 4.31. The van der Waals surface area contributed by atoms with E-state index >= 15 is 0 Å². The lowest BCUT2D eigenvalue weighted by Crippen LogP contribution is -2.56. The third-order valence-electron chi connectivity index (χ3n) is 3.09. The maximum Gasteiger partial charge on any atom is 0.103 e. The van der Waals surface area contributed by atoms with Crippen LogP contribution in [0.25, 0.3) is 10.9 Å². The van der Waals surface area contributed by atoms with Crippen molar-refractivity contribution >= 4 is 16.6 Å². The number of hydrogen-bond acceptors (Lipinski definition) is 4. The minimum Gasteiger partial charge on any atom is -0.367 e. The van der Waals surface area contributed by atoms with Crippen molar-refractivity contribution in [2.24, 2.45) is 5.73 Å². The smallest absolute Gasteiger partial charge is 0.103 e. The summed E-state index contributed by atoms with van der Waals surface area (Å²) in [6.45, 7) is 1.62. The molecule has 1 aliphatic heterocycles. The maximum absolute atomic E-state index is 9.16. The number of rotatable bonds is 1. The number of anilines is 1. The predicted octanol–water partition coefficient (Wildman–Crippen LogP) is 1.25. The number of pyridine rings is 1. The van der Waals surface area contributed by atoms with Gasteiger partial charge in [-0.3, -0.25) is 4.98 Å². The van der Waals surface area contributed by atoms with Gasteiger partial charge in [0.2, 0.25) is 0 Å². The molecule has 1 aromatic heterocycles. The van der Waals surface area contributed by atoms with Crippen molar-refractivity contribution < 1.29 is 0 Å². The molecule has 1 aromatic carbocycles. The molecular formula is C13H12N4. The average Bonchev–Trinajstić information content (AvgIpc) is 2.34. The first-order valence-electron chi connectivity index (χ1n) is 5.58. The Kier molecular flexibility index (Phi) is 2.20. The Balaban J connectivity index is 2.22. The van der Waals surface area contributed by atoms with Gasteiger partial charge in [-0.2, -0.15) is 5.26 Å². The minimum absolute atomic E-state index is 0.216. The molecule has 0 unspecified atom stereocenters. The highest BCUT2D eigenvalue weighted by Crippen LogP contribution is 2.31. The summed E-state index contributed by atoms with van der Waals surface area (Å²) in [5, 5.41) is 10.2. The summed E-state index contributed by atoms with van der Waals surface area (Å²) in [5.74, 6) is 0. The quantitative estimate of drug-likeness (QED) is 0.791. The molecular weight excluding hydrogens is 212 g/mol. The lowest BCUT2D eigenvalue weighted by atomic mass is 10.0. The number of nitrogens with two attached hydrogens (primary N) is 1. The van der Waals surface area contributed by atoms with Gasteiger partial charge >= 0.3 is 0 Å². The van der Waals surface area contributed by atoms with Crippen LogP contribution in [0, 0.1) is 11.3 Å².